The smallest absolute Gasteiger partial charge is 0.243 e. The number of thioether (sulfide) groups is 1. The Labute approximate surface area is 159 Å². The molecule has 5 nitrogen and oxygen atoms in total. The zero-order valence-electron chi connectivity index (χ0n) is 15.7. The Bertz CT molecular complexity index is 635. The van der Waals surface area contributed by atoms with Crippen LogP contribution in [0, 0.1) is 5.92 Å². The Balaban J connectivity index is 1.90. The van der Waals surface area contributed by atoms with E-state index >= 15 is 0 Å². The maximum absolute atomic E-state index is 12.7. The number of benzene rings is 1. The van der Waals surface area contributed by atoms with Crippen molar-refractivity contribution in [3.05, 3.63) is 35.9 Å². The maximum Gasteiger partial charge on any atom is 0.243 e. The quantitative estimate of drug-likeness (QED) is 0.794. The van der Waals surface area contributed by atoms with Crippen LogP contribution in [-0.4, -0.2) is 46.2 Å². The van der Waals surface area contributed by atoms with E-state index < -0.39 is 6.04 Å². The van der Waals surface area contributed by atoms with Gasteiger partial charge in [0.25, 0.3) is 0 Å². The molecular formula is C20H28N2O3S. The van der Waals surface area contributed by atoms with Crippen molar-refractivity contribution in [1.82, 2.24) is 10.2 Å². The molecule has 1 N–H and O–H groups in total. The first kappa shape index (κ1) is 20.5. The second-order valence-electron chi connectivity index (χ2n) is 6.99. The van der Waals surface area contributed by atoms with Crippen molar-refractivity contribution < 1.29 is 14.4 Å². The molecule has 1 aliphatic rings. The number of carbonyl (C=O) groups is 3. The van der Waals surface area contributed by atoms with Crippen LogP contribution in [0.5, 0.6) is 0 Å². The van der Waals surface area contributed by atoms with Crippen LogP contribution in [0.15, 0.2) is 30.3 Å². The lowest BCUT2D eigenvalue weighted by Crippen LogP contribution is -2.50. The lowest BCUT2D eigenvalue weighted by atomic mass is 10.1. The van der Waals surface area contributed by atoms with Crippen molar-refractivity contribution in [2.24, 2.45) is 5.92 Å². The normalized spacial score (nSPS) is 19.0. The van der Waals surface area contributed by atoms with Gasteiger partial charge in [0.2, 0.25) is 11.8 Å². The van der Waals surface area contributed by atoms with E-state index in [0.29, 0.717) is 18.7 Å². The molecule has 0 bridgehead atoms. The third-order valence-electron chi connectivity index (χ3n) is 4.57. The third-order valence-corrected chi connectivity index (χ3v) is 5.64. The molecule has 0 unspecified atom stereocenters. The molecule has 1 aliphatic heterocycles. The summed E-state index contributed by atoms with van der Waals surface area (Å²) in [4.78, 5) is 38.2. The third kappa shape index (κ3) is 5.87. The molecule has 142 valence electrons. The summed E-state index contributed by atoms with van der Waals surface area (Å²) in [5.74, 6) is 0.0838. The van der Waals surface area contributed by atoms with Crippen LogP contribution in [0.2, 0.25) is 0 Å². The Morgan fingerprint density at radius 1 is 1.23 bits per heavy atom. The number of amides is 2. The minimum atomic E-state index is -0.398. The number of rotatable bonds is 7. The van der Waals surface area contributed by atoms with Gasteiger partial charge in [0.15, 0.2) is 5.12 Å². The molecule has 26 heavy (non-hydrogen) atoms. The first-order valence-electron chi connectivity index (χ1n) is 9.16. The highest BCUT2D eigenvalue weighted by molar-refractivity contribution is 8.13. The Hall–Kier alpha value is -1.82. The fourth-order valence-electron chi connectivity index (χ4n) is 3.26. The largest absolute Gasteiger partial charge is 0.352 e. The van der Waals surface area contributed by atoms with E-state index in [2.05, 4.69) is 5.32 Å². The van der Waals surface area contributed by atoms with Crippen LogP contribution in [0.1, 0.15) is 39.2 Å². The summed E-state index contributed by atoms with van der Waals surface area (Å²) in [5.41, 5.74) is 1.18. The molecule has 1 heterocycles. The van der Waals surface area contributed by atoms with E-state index in [9.17, 15) is 14.4 Å². The zero-order chi connectivity index (χ0) is 19.1. The maximum atomic E-state index is 12.7. The molecule has 0 saturated carbocycles. The topological polar surface area (TPSA) is 66.5 Å². The fraction of sp³-hybridized carbons (Fsp3) is 0.550. The van der Waals surface area contributed by atoms with Crippen molar-refractivity contribution in [2.75, 3.05) is 12.3 Å². The van der Waals surface area contributed by atoms with Gasteiger partial charge < -0.3 is 10.2 Å². The molecule has 1 saturated heterocycles. The Kier molecular flexibility index (Phi) is 7.69. The van der Waals surface area contributed by atoms with Gasteiger partial charge in [-0.1, -0.05) is 49.0 Å². The van der Waals surface area contributed by atoms with E-state index in [4.69, 9.17) is 0 Å². The van der Waals surface area contributed by atoms with Gasteiger partial charge in [-0.15, -0.1) is 0 Å². The molecular weight excluding hydrogens is 348 g/mol. The molecule has 0 radical (unpaired) electrons. The van der Waals surface area contributed by atoms with E-state index in [1.807, 2.05) is 44.2 Å². The van der Waals surface area contributed by atoms with Crippen LogP contribution in [0.4, 0.5) is 0 Å². The van der Waals surface area contributed by atoms with Gasteiger partial charge in [0.05, 0.1) is 0 Å². The molecule has 3 atom stereocenters. The number of hydrogen-bond acceptors (Lipinski definition) is 4. The summed E-state index contributed by atoms with van der Waals surface area (Å²) in [6.45, 7) is 5.92. The van der Waals surface area contributed by atoms with Gasteiger partial charge in [-0.05, 0) is 31.7 Å². The molecule has 6 heteroatoms. The SMILES string of the molecule is CC(=O)SC[C@@H](C)C(=O)N1CCC[C@H]1C(=O)N[C@H](C)Cc1ccccc1. The van der Waals surface area contributed by atoms with E-state index in [0.717, 1.165) is 24.6 Å². The summed E-state index contributed by atoms with van der Waals surface area (Å²) < 4.78 is 0. The minimum Gasteiger partial charge on any atom is -0.352 e. The van der Waals surface area contributed by atoms with Crippen molar-refractivity contribution in [3.8, 4) is 0 Å². The lowest BCUT2D eigenvalue weighted by molar-refractivity contribution is -0.140. The number of nitrogens with zero attached hydrogens (tertiary/aromatic N) is 1. The predicted octanol–water partition coefficient (Wildman–Crippen LogP) is 2.64. The zero-order valence-corrected chi connectivity index (χ0v) is 16.6. The standard InChI is InChI=1S/C20H28N2O3S/c1-14(13-26-16(3)23)20(25)22-11-7-10-18(22)19(24)21-15(2)12-17-8-5-4-6-9-17/h4-6,8-9,14-15,18H,7,10-13H2,1-3H3,(H,21,24)/t14-,15-,18+/m1/s1. The van der Waals surface area contributed by atoms with Crippen LogP contribution in [0.3, 0.4) is 0 Å². The Morgan fingerprint density at radius 2 is 1.92 bits per heavy atom. The van der Waals surface area contributed by atoms with Gasteiger partial charge in [-0.3, -0.25) is 14.4 Å². The molecule has 0 aliphatic carbocycles. The highest BCUT2D eigenvalue weighted by Crippen LogP contribution is 2.22. The summed E-state index contributed by atoms with van der Waals surface area (Å²) in [5, 5.41) is 3.06. The fourth-order valence-corrected chi connectivity index (χ4v) is 3.88. The highest BCUT2D eigenvalue weighted by Gasteiger charge is 2.36. The van der Waals surface area contributed by atoms with Crippen molar-refractivity contribution >= 4 is 28.7 Å². The van der Waals surface area contributed by atoms with Crippen LogP contribution in [0.25, 0.3) is 0 Å². The van der Waals surface area contributed by atoms with E-state index in [1.54, 1.807) is 4.90 Å². The molecule has 1 fully saturated rings. The summed E-state index contributed by atoms with van der Waals surface area (Å²) in [7, 11) is 0. The molecule has 2 amide bonds. The van der Waals surface area contributed by atoms with Crippen LogP contribution in [-0.2, 0) is 20.8 Å². The number of hydrogen-bond donors (Lipinski definition) is 1. The van der Waals surface area contributed by atoms with Gasteiger partial charge in [-0.25, -0.2) is 0 Å². The van der Waals surface area contributed by atoms with Crippen molar-refractivity contribution in [1.29, 1.82) is 0 Å². The summed E-state index contributed by atoms with van der Waals surface area (Å²) in [6.07, 6.45) is 2.30. The van der Waals surface area contributed by atoms with Crippen molar-refractivity contribution in [2.45, 2.75) is 52.1 Å². The van der Waals surface area contributed by atoms with E-state index in [1.165, 1.54) is 12.5 Å². The summed E-state index contributed by atoms with van der Waals surface area (Å²) in [6, 6.07) is 9.65. The average molecular weight is 377 g/mol. The number of carbonyl (C=O) groups excluding carboxylic acids is 3. The van der Waals surface area contributed by atoms with Crippen LogP contribution >= 0.6 is 11.8 Å². The van der Waals surface area contributed by atoms with Crippen molar-refractivity contribution in [3.63, 3.8) is 0 Å². The van der Waals surface area contributed by atoms with Gasteiger partial charge >= 0.3 is 0 Å². The Morgan fingerprint density at radius 3 is 2.58 bits per heavy atom. The number of nitrogens with one attached hydrogen (secondary N) is 1. The van der Waals surface area contributed by atoms with Crippen LogP contribution < -0.4 is 5.32 Å². The monoisotopic (exact) mass is 376 g/mol. The van der Waals surface area contributed by atoms with Gasteiger partial charge in [-0.2, -0.15) is 0 Å². The number of likely N-dealkylation sites (tertiary alicyclic amines) is 1. The summed E-state index contributed by atoms with van der Waals surface area (Å²) >= 11 is 1.16. The lowest BCUT2D eigenvalue weighted by Gasteiger charge is -2.27. The molecule has 1 aromatic rings. The minimum absolute atomic E-state index is 0.00754. The average Bonchev–Trinajstić information content (AvgIpc) is 3.09. The molecule has 0 aromatic heterocycles. The first-order chi connectivity index (χ1) is 12.4. The second-order valence-corrected chi connectivity index (χ2v) is 8.19. The highest BCUT2D eigenvalue weighted by atomic mass is 32.2. The first-order valence-corrected chi connectivity index (χ1v) is 10.1. The molecule has 0 spiro atoms. The molecule has 1 aromatic carbocycles. The predicted molar refractivity (Wildman–Crippen MR) is 105 cm³/mol. The van der Waals surface area contributed by atoms with E-state index in [-0.39, 0.29) is 28.9 Å². The van der Waals surface area contributed by atoms with Gasteiger partial charge in [0, 0.05) is 31.2 Å². The second kappa shape index (κ2) is 9.76. The molecule has 2 rings (SSSR count). The van der Waals surface area contributed by atoms with Gasteiger partial charge in [0.1, 0.15) is 6.04 Å².